The Morgan fingerprint density at radius 1 is 1.08 bits per heavy atom. The molecule has 0 fully saturated rings. The van der Waals surface area contributed by atoms with E-state index in [2.05, 4.69) is 4.98 Å². The summed E-state index contributed by atoms with van der Waals surface area (Å²) in [5.74, 6) is -0.455. The van der Waals surface area contributed by atoms with Gasteiger partial charge in [0.25, 0.3) is 0 Å². The lowest BCUT2D eigenvalue weighted by molar-refractivity contribution is -0.136. The van der Waals surface area contributed by atoms with E-state index in [0.29, 0.717) is 17.1 Å². The van der Waals surface area contributed by atoms with Crippen LogP contribution in [0.15, 0.2) is 42.6 Å². The van der Waals surface area contributed by atoms with Gasteiger partial charge in [-0.3, -0.25) is 9.78 Å². The Labute approximate surface area is 143 Å². The van der Waals surface area contributed by atoms with Crippen molar-refractivity contribution in [2.45, 2.75) is 6.42 Å². The molecule has 0 unspecified atom stereocenters. The van der Waals surface area contributed by atoms with Crippen LogP contribution in [0.2, 0.25) is 0 Å². The molecule has 1 aromatic heterocycles. The molecule has 0 saturated carbocycles. The number of hydrogen-bond acceptors (Lipinski definition) is 4. The first-order valence-electron chi connectivity index (χ1n) is 7.54. The van der Waals surface area contributed by atoms with Gasteiger partial charge in [0.2, 0.25) is 0 Å². The number of nitrogens with zero attached hydrogens (tertiary/aromatic N) is 1. The molecule has 128 valence electrons. The maximum absolute atomic E-state index is 14.1. The molecule has 0 aliphatic carbocycles. The largest absolute Gasteiger partial charge is 0.493 e. The fourth-order valence-electron chi connectivity index (χ4n) is 2.65. The van der Waals surface area contributed by atoms with E-state index in [1.807, 2.05) is 6.07 Å². The fourth-order valence-corrected chi connectivity index (χ4v) is 2.65. The van der Waals surface area contributed by atoms with Crippen molar-refractivity contribution >= 4 is 16.9 Å². The molecule has 25 heavy (non-hydrogen) atoms. The highest BCUT2D eigenvalue weighted by Gasteiger charge is 2.11. The molecule has 0 spiro atoms. The third-order valence-corrected chi connectivity index (χ3v) is 3.91. The van der Waals surface area contributed by atoms with Gasteiger partial charge in [0.15, 0.2) is 11.5 Å². The summed E-state index contributed by atoms with van der Waals surface area (Å²) in [6, 6.07) is 9.94. The molecule has 3 aromatic rings. The van der Waals surface area contributed by atoms with Crippen LogP contribution in [0.4, 0.5) is 4.39 Å². The molecule has 0 bridgehead atoms. The Bertz CT molecular complexity index is 956. The zero-order chi connectivity index (χ0) is 18.0. The van der Waals surface area contributed by atoms with E-state index in [4.69, 9.17) is 14.6 Å². The second kappa shape index (κ2) is 6.76. The van der Waals surface area contributed by atoms with Gasteiger partial charge >= 0.3 is 5.97 Å². The molecular weight excluding hydrogens is 325 g/mol. The maximum atomic E-state index is 14.1. The summed E-state index contributed by atoms with van der Waals surface area (Å²) in [5, 5.41) is 9.61. The van der Waals surface area contributed by atoms with E-state index >= 15 is 0 Å². The number of fused-ring (bicyclic) bond motifs is 1. The van der Waals surface area contributed by atoms with Crippen molar-refractivity contribution in [2.24, 2.45) is 0 Å². The minimum atomic E-state index is -1.07. The van der Waals surface area contributed by atoms with Crippen LogP contribution < -0.4 is 9.47 Å². The highest BCUT2D eigenvalue weighted by Crippen LogP contribution is 2.33. The van der Waals surface area contributed by atoms with Gasteiger partial charge in [-0.25, -0.2) is 4.39 Å². The predicted molar refractivity (Wildman–Crippen MR) is 91.6 cm³/mol. The lowest BCUT2D eigenvalue weighted by atomic mass is 10.0. The molecule has 0 saturated heterocycles. The van der Waals surface area contributed by atoms with Gasteiger partial charge in [-0.1, -0.05) is 12.1 Å². The van der Waals surface area contributed by atoms with Crippen LogP contribution in [0.1, 0.15) is 5.56 Å². The highest BCUT2D eigenvalue weighted by molar-refractivity contribution is 5.86. The molecule has 6 heteroatoms. The van der Waals surface area contributed by atoms with Crippen LogP contribution in [-0.2, 0) is 11.2 Å². The third-order valence-electron chi connectivity index (χ3n) is 3.91. The number of methoxy groups -OCH3 is 2. The van der Waals surface area contributed by atoms with Crippen molar-refractivity contribution in [3.05, 3.63) is 54.0 Å². The summed E-state index contributed by atoms with van der Waals surface area (Å²) in [4.78, 5) is 15.1. The second-order valence-corrected chi connectivity index (χ2v) is 5.50. The first kappa shape index (κ1) is 16.7. The number of carboxylic acid groups (broad SMARTS) is 1. The van der Waals surface area contributed by atoms with E-state index in [9.17, 15) is 9.18 Å². The van der Waals surface area contributed by atoms with Gasteiger partial charge in [0, 0.05) is 23.2 Å². The first-order valence-corrected chi connectivity index (χ1v) is 7.54. The molecule has 0 atom stereocenters. The van der Waals surface area contributed by atoms with Crippen molar-refractivity contribution in [3.63, 3.8) is 0 Å². The molecule has 2 aromatic carbocycles. The molecule has 0 aliphatic heterocycles. The normalized spacial score (nSPS) is 10.7. The van der Waals surface area contributed by atoms with Crippen LogP contribution >= 0.6 is 0 Å². The highest BCUT2D eigenvalue weighted by atomic mass is 19.1. The van der Waals surface area contributed by atoms with Gasteiger partial charge in [0.1, 0.15) is 5.82 Å². The van der Waals surface area contributed by atoms with E-state index in [1.165, 1.54) is 12.1 Å². The lowest BCUT2D eigenvalue weighted by Gasteiger charge is -2.10. The van der Waals surface area contributed by atoms with Crippen LogP contribution in [0.5, 0.6) is 11.5 Å². The predicted octanol–water partition coefficient (Wildman–Crippen LogP) is 3.69. The van der Waals surface area contributed by atoms with E-state index in [1.54, 1.807) is 38.6 Å². The fraction of sp³-hybridized carbons (Fsp3) is 0.158. The Kier molecular flexibility index (Phi) is 4.52. The van der Waals surface area contributed by atoms with Gasteiger partial charge in [0.05, 0.1) is 26.2 Å². The quantitative estimate of drug-likeness (QED) is 0.766. The summed E-state index contributed by atoms with van der Waals surface area (Å²) >= 11 is 0. The SMILES string of the molecule is COc1cc2cc(-c3ccc(CC(=O)O)c(F)c3)cnc2cc1OC. The van der Waals surface area contributed by atoms with Crippen molar-refractivity contribution in [2.75, 3.05) is 14.2 Å². The maximum Gasteiger partial charge on any atom is 0.307 e. The Hall–Kier alpha value is -3.15. The number of carboxylic acids is 1. The molecule has 0 radical (unpaired) electrons. The number of hydrogen-bond donors (Lipinski definition) is 1. The van der Waals surface area contributed by atoms with Gasteiger partial charge in [-0.15, -0.1) is 0 Å². The Morgan fingerprint density at radius 2 is 1.80 bits per heavy atom. The molecule has 1 heterocycles. The Morgan fingerprint density at radius 3 is 2.44 bits per heavy atom. The average Bonchev–Trinajstić information content (AvgIpc) is 2.61. The summed E-state index contributed by atoms with van der Waals surface area (Å²) in [7, 11) is 3.11. The number of carbonyl (C=O) groups is 1. The summed E-state index contributed by atoms with van der Waals surface area (Å²) in [6.07, 6.45) is 1.29. The number of pyridine rings is 1. The van der Waals surface area contributed by atoms with Gasteiger partial charge < -0.3 is 14.6 Å². The number of ether oxygens (including phenoxy) is 2. The standard InChI is InChI=1S/C19H16FNO4/c1-24-17-7-13-5-14(10-21-16(13)9-18(17)25-2)11-3-4-12(8-19(22)23)15(20)6-11/h3-7,9-10H,8H2,1-2H3,(H,22,23). The average molecular weight is 341 g/mol. The summed E-state index contributed by atoms with van der Waals surface area (Å²) in [6.45, 7) is 0. The zero-order valence-corrected chi connectivity index (χ0v) is 13.7. The molecule has 3 rings (SSSR count). The smallest absolute Gasteiger partial charge is 0.307 e. The topological polar surface area (TPSA) is 68.7 Å². The molecule has 0 amide bonds. The second-order valence-electron chi connectivity index (χ2n) is 5.50. The van der Waals surface area contributed by atoms with Gasteiger partial charge in [-0.2, -0.15) is 0 Å². The summed E-state index contributed by atoms with van der Waals surface area (Å²) < 4.78 is 24.7. The molecule has 0 aliphatic rings. The molecule has 5 nitrogen and oxygen atoms in total. The molecule has 1 N–H and O–H groups in total. The number of aromatic nitrogens is 1. The van der Waals surface area contributed by atoms with E-state index in [0.717, 1.165) is 16.5 Å². The number of rotatable bonds is 5. The number of benzene rings is 2. The van der Waals surface area contributed by atoms with Crippen molar-refractivity contribution in [1.29, 1.82) is 0 Å². The van der Waals surface area contributed by atoms with Gasteiger partial charge in [-0.05, 0) is 29.3 Å². The lowest BCUT2D eigenvalue weighted by Crippen LogP contribution is -2.02. The van der Waals surface area contributed by atoms with Crippen molar-refractivity contribution in [3.8, 4) is 22.6 Å². The van der Waals surface area contributed by atoms with Crippen LogP contribution in [-0.4, -0.2) is 30.3 Å². The third kappa shape index (κ3) is 3.38. The number of aliphatic carboxylic acids is 1. The first-order chi connectivity index (χ1) is 12.0. The Balaban J connectivity index is 2.04. The minimum Gasteiger partial charge on any atom is -0.493 e. The van der Waals surface area contributed by atoms with Crippen molar-refractivity contribution < 1.29 is 23.8 Å². The van der Waals surface area contributed by atoms with Crippen molar-refractivity contribution in [1.82, 2.24) is 4.98 Å². The molecular formula is C19H16FNO4. The minimum absolute atomic E-state index is 0.149. The van der Waals surface area contributed by atoms with Crippen LogP contribution in [0.25, 0.3) is 22.0 Å². The van der Waals surface area contributed by atoms with Crippen LogP contribution in [0.3, 0.4) is 0 Å². The van der Waals surface area contributed by atoms with E-state index in [-0.39, 0.29) is 12.0 Å². The number of halogens is 1. The van der Waals surface area contributed by atoms with Crippen LogP contribution in [0, 0.1) is 5.82 Å². The van der Waals surface area contributed by atoms with E-state index < -0.39 is 11.8 Å². The monoisotopic (exact) mass is 341 g/mol. The zero-order valence-electron chi connectivity index (χ0n) is 13.7. The summed E-state index contributed by atoms with van der Waals surface area (Å²) in [5.41, 5.74) is 2.22.